The number of aromatic carboxylic acids is 1. The van der Waals surface area contributed by atoms with E-state index < -0.39 is 60.6 Å². The van der Waals surface area contributed by atoms with Crippen LogP contribution in [0.5, 0.6) is 5.75 Å². The van der Waals surface area contributed by atoms with E-state index >= 15 is 0 Å². The highest BCUT2D eigenvalue weighted by molar-refractivity contribution is 6.33. The number of halogens is 3. The number of hydrogen-bond acceptors (Lipinski definition) is 8. The fourth-order valence-electron chi connectivity index (χ4n) is 2.84. The van der Waals surface area contributed by atoms with Crippen molar-refractivity contribution in [2.45, 2.75) is 25.1 Å². The Morgan fingerprint density at radius 2 is 1.41 bits per heavy atom. The molecule has 0 heterocycles. The van der Waals surface area contributed by atoms with Gasteiger partial charge in [-0.3, -0.25) is 19.8 Å². The van der Waals surface area contributed by atoms with Crippen molar-refractivity contribution in [3.63, 3.8) is 0 Å². The SMILES string of the molecule is N=C(N)c1ccc(CC(=O)C(=O)O)c(OC[C@@H](CC(=O)O)NC(=O)c2ccc(C(=O)O)cc2)c1.O=C(O)C(F)(F)F. The lowest BCUT2D eigenvalue weighted by atomic mass is 10.0. The third kappa shape index (κ3) is 11.4. The molecule has 2 aromatic rings. The Bertz CT molecular complexity index is 1340. The molecule has 0 aromatic heterocycles. The summed E-state index contributed by atoms with van der Waals surface area (Å²) in [5, 5.41) is 44.1. The monoisotopic (exact) mass is 585 g/mol. The summed E-state index contributed by atoms with van der Waals surface area (Å²) in [7, 11) is 0. The van der Waals surface area contributed by atoms with Crippen molar-refractivity contribution in [3.8, 4) is 5.75 Å². The molecule has 0 fully saturated rings. The minimum Gasteiger partial charge on any atom is -0.491 e. The minimum atomic E-state index is -5.08. The molecule has 0 radical (unpaired) electrons. The summed E-state index contributed by atoms with van der Waals surface area (Å²) < 4.78 is 37.3. The Morgan fingerprint density at radius 1 is 0.902 bits per heavy atom. The normalized spacial score (nSPS) is 11.2. The lowest BCUT2D eigenvalue weighted by Crippen LogP contribution is -2.40. The molecule has 0 bridgehead atoms. The number of carbonyl (C=O) groups excluding carboxylic acids is 2. The number of nitrogens with two attached hydrogens (primary N) is 1. The summed E-state index contributed by atoms with van der Waals surface area (Å²) in [6.07, 6.45) is -6.14. The molecule has 1 atom stereocenters. The number of carboxylic acids is 4. The maximum atomic E-state index is 12.5. The average molecular weight is 585 g/mol. The molecule has 17 heteroatoms. The lowest BCUT2D eigenvalue weighted by molar-refractivity contribution is -0.192. The topological polar surface area (TPSA) is 254 Å². The summed E-state index contributed by atoms with van der Waals surface area (Å²) >= 11 is 0. The lowest BCUT2D eigenvalue weighted by Gasteiger charge is -2.19. The molecular weight excluding hydrogens is 563 g/mol. The van der Waals surface area contributed by atoms with Crippen LogP contribution in [0.4, 0.5) is 13.2 Å². The average Bonchev–Trinajstić information content (AvgIpc) is 2.87. The van der Waals surface area contributed by atoms with Gasteiger partial charge in [-0.05, 0) is 30.3 Å². The van der Waals surface area contributed by atoms with Crippen LogP contribution in [-0.4, -0.2) is 80.7 Å². The standard InChI is InChI=1S/C22H21N3O9.C2HF3O2/c23-19(24)14-6-5-13(7-16(26)22(32)33)17(8-14)34-10-15(9-18(27)28)25-20(29)11-1-3-12(4-2-11)21(30)31;3-2(4,5)1(6)7/h1-6,8,15H,7,9-10H2,(H3,23,24)(H,25,29)(H,27,28)(H,30,31)(H,32,33);(H,6,7)/t15-;/m1./s1. The number of ether oxygens (including phenoxy) is 1. The maximum Gasteiger partial charge on any atom is 0.490 e. The van der Waals surface area contributed by atoms with Gasteiger partial charge in [-0.1, -0.05) is 12.1 Å². The first-order valence-electron chi connectivity index (χ1n) is 10.9. The van der Waals surface area contributed by atoms with Crippen molar-refractivity contribution >= 4 is 41.4 Å². The van der Waals surface area contributed by atoms with E-state index in [1.165, 1.54) is 42.5 Å². The predicted octanol–water partition coefficient (Wildman–Crippen LogP) is 1.15. The fraction of sp³-hybridized carbons (Fsp3) is 0.208. The zero-order valence-corrected chi connectivity index (χ0v) is 20.6. The molecule has 1 amide bonds. The van der Waals surface area contributed by atoms with Crippen LogP contribution in [0, 0.1) is 5.41 Å². The molecular formula is C24H22F3N3O11. The number of amides is 1. The second-order valence-corrected chi connectivity index (χ2v) is 7.91. The Kier molecular flexibility index (Phi) is 12.0. The van der Waals surface area contributed by atoms with Gasteiger partial charge in [-0.25, -0.2) is 14.4 Å². The summed E-state index contributed by atoms with van der Waals surface area (Å²) in [5.74, 6) is -8.92. The number of rotatable bonds is 12. The first kappa shape index (κ1) is 33.5. The number of benzene rings is 2. The number of Topliss-reactive ketones (excluding diaryl/α,β-unsaturated/α-hetero) is 1. The number of carbonyl (C=O) groups is 6. The second-order valence-electron chi connectivity index (χ2n) is 7.91. The summed E-state index contributed by atoms with van der Waals surface area (Å²) in [6.45, 7) is -0.374. The fourth-order valence-corrected chi connectivity index (χ4v) is 2.84. The van der Waals surface area contributed by atoms with Gasteiger partial charge >= 0.3 is 30.1 Å². The van der Waals surface area contributed by atoms with Crippen molar-refractivity contribution in [3.05, 3.63) is 64.7 Å². The van der Waals surface area contributed by atoms with Crippen molar-refractivity contribution in [1.82, 2.24) is 5.32 Å². The van der Waals surface area contributed by atoms with Gasteiger partial charge in [-0.15, -0.1) is 0 Å². The zero-order chi connectivity index (χ0) is 31.5. The third-order valence-corrected chi connectivity index (χ3v) is 4.80. The van der Waals surface area contributed by atoms with Crippen molar-refractivity contribution < 1.29 is 67.1 Å². The van der Waals surface area contributed by atoms with Crippen LogP contribution in [-0.2, 0) is 25.6 Å². The zero-order valence-electron chi connectivity index (χ0n) is 20.6. The first-order chi connectivity index (χ1) is 18.9. The summed E-state index contributed by atoms with van der Waals surface area (Å²) in [4.78, 5) is 66.1. The smallest absolute Gasteiger partial charge is 0.490 e. The molecule has 0 aliphatic heterocycles. The van der Waals surface area contributed by atoms with E-state index in [1.807, 2.05) is 0 Å². The number of hydrogen-bond donors (Lipinski definition) is 7. The van der Waals surface area contributed by atoms with E-state index in [4.69, 9.17) is 36.0 Å². The number of amidine groups is 1. The highest BCUT2D eigenvalue weighted by Crippen LogP contribution is 2.22. The molecule has 41 heavy (non-hydrogen) atoms. The largest absolute Gasteiger partial charge is 0.491 e. The number of alkyl halides is 3. The maximum absolute atomic E-state index is 12.5. The predicted molar refractivity (Wildman–Crippen MR) is 130 cm³/mol. The van der Waals surface area contributed by atoms with Gasteiger partial charge in [-0.2, -0.15) is 13.2 Å². The van der Waals surface area contributed by atoms with Gasteiger partial charge in [0.05, 0.1) is 18.0 Å². The second kappa shape index (κ2) is 14.6. The molecule has 2 rings (SSSR count). The number of ketones is 1. The number of aliphatic carboxylic acids is 3. The van der Waals surface area contributed by atoms with Crippen LogP contribution in [0.15, 0.2) is 42.5 Å². The van der Waals surface area contributed by atoms with E-state index in [2.05, 4.69) is 5.32 Å². The third-order valence-electron chi connectivity index (χ3n) is 4.80. The molecule has 0 aliphatic rings. The van der Waals surface area contributed by atoms with E-state index in [0.717, 1.165) is 0 Å². The number of carboxylic acid groups (broad SMARTS) is 4. The summed E-state index contributed by atoms with van der Waals surface area (Å²) in [6, 6.07) is 7.99. The van der Waals surface area contributed by atoms with Crippen molar-refractivity contribution in [2.24, 2.45) is 5.73 Å². The van der Waals surface area contributed by atoms with Gasteiger partial charge in [0.15, 0.2) is 0 Å². The molecule has 0 spiro atoms. The van der Waals surface area contributed by atoms with Crippen molar-refractivity contribution in [1.29, 1.82) is 5.41 Å². The molecule has 2 aromatic carbocycles. The van der Waals surface area contributed by atoms with Crippen LogP contribution >= 0.6 is 0 Å². The number of nitrogens with one attached hydrogen (secondary N) is 2. The van der Waals surface area contributed by atoms with Crippen molar-refractivity contribution in [2.75, 3.05) is 6.61 Å². The number of nitrogen functional groups attached to an aromatic ring is 1. The van der Waals surface area contributed by atoms with E-state index in [0.29, 0.717) is 0 Å². The molecule has 0 saturated heterocycles. The van der Waals surface area contributed by atoms with Gasteiger partial charge in [0, 0.05) is 23.1 Å². The van der Waals surface area contributed by atoms with Gasteiger partial charge < -0.3 is 36.2 Å². The molecule has 14 nitrogen and oxygen atoms in total. The molecule has 220 valence electrons. The van der Waals surface area contributed by atoms with Crippen LogP contribution in [0.2, 0.25) is 0 Å². The summed E-state index contributed by atoms with van der Waals surface area (Å²) in [5.41, 5.74) is 5.91. The Morgan fingerprint density at radius 3 is 1.85 bits per heavy atom. The Hall–Kier alpha value is -5.48. The highest BCUT2D eigenvalue weighted by Gasteiger charge is 2.38. The molecule has 8 N–H and O–H groups in total. The van der Waals surface area contributed by atoms with Gasteiger partial charge in [0.1, 0.15) is 18.2 Å². The molecule has 0 saturated carbocycles. The van der Waals surface area contributed by atoms with Crippen LogP contribution < -0.4 is 15.8 Å². The molecule has 0 unspecified atom stereocenters. The van der Waals surface area contributed by atoms with Crippen LogP contribution in [0.25, 0.3) is 0 Å². The molecule has 0 aliphatic carbocycles. The highest BCUT2D eigenvalue weighted by atomic mass is 19.4. The van der Waals surface area contributed by atoms with Gasteiger partial charge in [0.25, 0.3) is 5.91 Å². The van der Waals surface area contributed by atoms with E-state index in [-0.39, 0.29) is 40.4 Å². The van der Waals surface area contributed by atoms with Crippen LogP contribution in [0.3, 0.4) is 0 Å². The Balaban J connectivity index is 0.00000106. The van der Waals surface area contributed by atoms with Crippen LogP contribution in [0.1, 0.15) is 38.3 Å². The quantitative estimate of drug-likeness (QED) is 0.105. The van der Waals surface area contributed by atoms with Gasteiger partial charge in [0.2, 0.25) is 5.78 Å². The first-order valence-corrected chi connectivity index (χ1v) is 10.9. The van der Waals surface area contributed by atoms with E-state index in [1.54, 1.807) is 0 Å². The Labute approximate surface area is 227 Å². The van der Waals surface area contributed by atoms with E-state index in [9.17, 15) is 42.3 Å². The minimum absolute atomic E-state index is 0.00208.